The summed E-state index contributed by atoms with van der Waals surface area (Å²) in [7, 11) is 0. The summed E-state index contributed by atoms with van der Waals surface area (Å²) in [6.07, 6.45) is 3.12. The summed E-state index contributed by atoms with van der Waals surface area (Å²) < 4.78 is 20.5. The molecule has 0 radical (unpaired) electrons. The number of ether oxygens (including phenoxy) is 1. The van der Waals surface area contributed by atoms with Crippen LogP contribution >= 0.6 is 11.3 Å². The first kappa shape index (κ1) is 17.2. The number of hydrogen-bond donors (Lipinski definition) is 1. The van der Waals surface area contributed by atoms with Crippen LogP contribution in [0.4, 0.5) is 10.1 Å². The van der Waals surface area contributed by atoms with Gasteiger partial charge >= 0.3 is 0 Å². The third kappa shape index (κ3) is 3.68. The smallest absolute Gasteiger partial charge is 0.265 e. The second kappa shape index (κ2) is 7.20. The number of halogens is 1. The Balaban J connectivity index is 1.52. The molecule has 5 nitrogen and oxygen atoms in total. The molecule has 0 aliphatic heterocycles. The van der Waals surface area contributed by atoms with Crippen molar-refractivity contribution in [3.63, 3.8) is 0 Å². The fraction of sp³-hybridized carbons (Fsp3) is 0.100. The number of carbonyl (C=O) groups excluding carboxylic acids is 1. The molecule has 0 fully saturated rings. The predicted octanol–water partition coefficient (Wildman–Crippen LogP) is 4.61. The van der Waals surface area contributed by atoms with Gasteiger partial charge in [-0.3, -0.25) is 9.20 Å². The first-order valence-corrected chi connectivity index (χ1v) is 9.23. The van der Waals surface area contributed by atoms with Crippen LogP contribution in [0.25, 0.3) is 16.2 Å². The molecule has 0 bridgehead atoms. The van der Waals surface area contributed by atoms with Crippen LogP contribution in [-0.2, 0) is 4.79 Å². The van der Waals surface area contributed by atoms with E-state index < -0.39 is 6.10 Å². The lowest BCUT2D eigenvalue weighted by Crippen LogP contribution is -2.30. The number of para-hydroxylation sites is 1. The van der Waals surface area contributed by atoms with Gasteiger partial charge in [-0.05, 0) is 37.3 Å². The van der Waals surface area contributed by atoms with Gasteiger partial charge in [0.05, 0.1) is 11.4 Å². The Morgan fingerprint density at radius 3 is 2.78 bits per heavy atom. The number of nitrogens with one attached hydrogen (secondary N) is 1. The molecule has 2 aromatic heterocycles. The number of rotatable bonds is 5. The maximum absolute atomic E-state index is 13.0. The molecule has 136 valence electrons. The van der Waals surface area contributed by atoms with E-state index in [9.17, 15) is 9.18 Å². The van der Waals surface area contributed by atoms with Gasteiger partial charge in [0.15, 0.2) is 11.1 Å². The normalized spacial score (nSPS) is 12.1. The lowest BCUT2D eigenvalue weighted by atomic mass is 10.1. The second-order valence-corrected chi connectivity index (χ2v) is 6.84. The van der Waals surface area contributed by atoms with Crippen molar-refractivity contribution in [2.24, 2.45) is 0 Å². The SMILES string of the molecule is CC(Oc1ccc(F)cc1)C(=O)Nc1ccccc1-c1cn2ccsc2n1. The predicted molar refractivity (Wildman–Crippen MR) is 104 cm³/mol. The van der Waals surface area contributed by atoms with Crippen LogP contribution in [-0.4, -0.2) is 21.4 Å². The van der Waals surface area contributed by atoms with E-state index in [0.29, 0.717) is 11.4 Å². The molecule has 1 atom stereocenters. The molecule has 1 amide bonds. The van der Waals surface area contributed by atoms with E-state index >= 15 is 0 Å². The second-order valence-electron chi connectivity index (χ2n) is 5.97. The molecule has 0 spiro atoms. The summed E-state index contributed by atoms with van der Waals surface area (Å²) >= 11 is 1.55. The van der Waals surface area contributed by atoms with E-state index in [0.717, 1.165) is 16.2 Å². The Bertz CT molecular complexity index is 1060. The number of hydrogen-bond acceptors (Lipinski definition) is 4. The number of imidazole rings is 1. The summed E-state index contributed by atoms with van der Waals surface area (Å²) in [5.41, 5.74) is 2.27. The maximum Gasteiger partial charge on any atom is 0.265 e. The Hall–Kier alpha value is -3.19. The highest BCUT2D eigenvalue weighted by Gasteiger charge is 2.17. The molecule has 0 saturated carbocycles. The van der Waals surface area contributed by atoms with E-state index in [1.807, 2.05) is 46.4 Å². The summed E-state index contributed by atoms with van der Waals surface area (Å²) in [6, 6.07) is 13.0. The minimum atomic E-state index is -0.742. The largest absolute Gasteiger partial charge is 0.481 e. The molecule has 4 aromatic rings. The van der Waals surface area contributed by atoms with Gasteiger partial charge in [-0.25, -0.2) is 9.37 Å². The monoisotopic (exact) mass is 381 g/mol. The van der Waals surface area contributed by atoms with Crippen LogP contribution in [0.1, 0.15) is 6.92 Å². The molecular weight excluding hydrogens is 365 g/mol. The number of aromatic nitrogens is 2. The molecule has 2 aromatic carbocycles. The van der Waals surface area contributed by atoms with Crippen molar-refractivity contribution in [2.75, 3.05) is 5.32 Å². The quantitative estimate of drug-likeness (QED) is 0.549. The highest BCUT2D eigenvalue weighted by molar-refractivity contribution is 7.15. The number of nitrogens with zero attached hydrogens (tertiary/aromatic N) is 2. The van der Waals surface area contributed by atoms with Crippen molar-refractivity contribution in [1.29, 1.82) is 0 Å². The van der Waals surface area contributed by atoms with E-state index in [2.05, 4.69) is 10.3 Å². The topological polar surface area (TPSA) is 55.6 Å². The lowest BCUT2D eigenvalue weighted by Gasteiger charge is -2.16. The summed E-state index contributed by atoms with van der Waals surface area (Å²) in [5.74, 6) is -0.220. The van der Waals surface area contributed by atoms with Gasteiger partial charge in [0.1, 0.15) is 11.6 Å². The van der Waals surface area contributed by atoms with E-state index in [4.69, 9.17) is 4.74 Å². The standard InChI is InChI=1S/C20H16FN3O2S/c1-13(26-15-8-6-14(21)7-9-15)19(25)22-17-5-3-2-4-16(17)18-12-24-10-11-27-20(24)23-18/h2-13H,1H3,(H,22,25). The van der Waals surface area contributed by atoms with Crippen molar-refractivity contribution in [3.05, 3.63) is 72.1 Å². The summed E-state index contributed by atoms with van der Waals surface area (Å²) in [5, 5.41) is 4.86. The van der Waals surface area contributed by atoms with E-state index in [-0.39, 0.29) is 11.7 Å². The number of anilines is 1. The van der Waals surface area contributed by atoms with Crippen LogP contribution in [0, 0.1) is 5.82 Å². The van der Waals surface area contributed by atoms with Gasteiger partial charge < -0.3 is 10.1 Å². The zero-order valence-electron chi connectivity index (χ0n) is 14.4. The Kier molecular flexibility index (Phi) is 4.60. The van der Waals surface area contributed by atoms with Crippen LogP contribution < -0.4 is 10.1 Å². The van der Waals surface area contributed by atoms with Gasteiger partial charge in [-0.15, -0.1) is 11.3 Å². The Labute approximate surface area is 159 Å². The van der Waals surface area contributed by atoms with Gasteiger partial charge in [0, 0.05) is 23.3 Å². The Morgan fingerprint density at radius 1 is 1.22 bits per heavy atom. The molecule has 0 aliphatic rings. The molecule has 1 unspecified atom stereocenters. The number of carbonyl (C=O) groups is 1. The first-order chi connectivity index (χ1) is 13.1. The zero-order valence-corrected chi connectivity index (χ0v) is 15.2. The number of thiazole rings is 1. The fourth-order valence-corrected chi connectivity index (χ4v) is 3.38. The van der Waals surface area contributed by atoms with E-state index in [1.165, 1.54) is 24.3 Å². The summed E-state index contributed by atoms with van der Waals surface area (Å²) in [6.45, 7) is 1.65. The molecule has 2 heterocycles. The third-order valence-corrected chi connectivity index (χ3v) is 4.82. The van der Waals surface area contributed by atoms with Crippen molar-refractivity contribution < 1.29 is 13.9 Å². The minimum Gasteiger partial charge on any atom is -0.481 e. The Morgan fingerprint density at radius 2 is 2.00 bits per heavy atom. The van der Waals surface area contributed by atoms with Crippen LogP contribution in [0.3, 0.4) is 0 Å². The number of benzene rings is 2. The number of fused-ring (bicyclic) bond motifs is 1. The van der Waals surface area contributed by atoms with Crippen molar-refractivity contribution >= 4 is 27.9 Å². The average Bonchev–Trinajstić information content (AvgIpc) is 3.26. The van der Waals surface area contributed by atoms with Gasteiger partial charge in [-0.2, -0.15) is 0 Å². The van der Waals surface area contributed by atoms with Crippen LogP contribution in [0.2, 0.25) is 0 Å². The fourth-order valence-electron chi connectivity index (χ4n) is 2.68. The van der Waals surface area contributed by atoms with E-state index in [1.54, 1.807) is 18.3 Å². The molecule has 1 N–H and O–H groups in total. The highest BCUT2D eigenvalue weighted by atomic mass is 32.1. The maximum atomic E-state index is 13.0. The average molecular weight is 381 g/mol. The molecule has 7 heteroatoms. The lowest BCUT2D eigenvalue weighted by molar-refractivity contribution is -0.122. The third-order valence-electron chi connectivity index (χ3n) is 4.05. The molecule has 27 heavy (non-hydrogen) atoms. The van der Waals surface area contributed by atoms with Crippen LogP contribution in [0.5, 0.6) is 5.75 Å². The van der Waals surface area contributed by atoms with Crippen LogP contribution in [0.15, 0.2) is 66.3 Å². The molecule has 0 saturated heterocycles. The number of amides is 1. The zero-order chi connectivity index (χ0) is 18.8. The van der Waals surface area contributed by atoms with Gasteiger partial charge in [0.2, 0.25) is 0 Å². The first-order valence-electron chi connectivity index (χ1n) is 8.35. The molecular formula is C20H16FN3O2S. The molecule has 4 rings (SSSR count). The van der Waals surface area contributed by atoms with Crippen molar-refractivity contribution in [3.8, 4) is 17.0 Å². The minimum absolute atomic E-state index is 0.298. The molecule has 0 aliphatic carbocycles. The highest BCUT2D eigenvalue weighted by Crippen LogP contribution is 2.28. The van der Waals surface area contributed by atoms with Crippen molar-refractivity contribution in [1.82, 2.24) is 9.38 Å². The van der Waals surface area contributed by atoms with Gasteiger partial charge in [0.25, 0.3) is 5.91 Å². The summed E-state index contributed by atoms with van der Waals surface area (Å²) in [4.78, 5) is 18.0. The van der Waals surface area contributed by atoms with Gasteiger partial charge in [-0.1, -0.05) is 18.2 Å². The van der Waals surface area contributed by atoms with Crippen molar-refractivity contribution in [2.45, 2.75) is 13.0 Å².